The molecular weight excluding hydrogens is 283 g/mol. The highest BCUT2D eigenvalue weighted by atomic mass is 19.4. The topological polar surface area (TPSA) is 39.3 Å². The van der Waals surface area contributed by atoms with E-state index >= 15 is 0 Å². The van der Waals surface area contributed by atoms with Crippen LogP contribution in [0, 0.1) is 13.8 Å². The van der Waals surface area contributed by atoms with E-state index in [0.717, 1.165) is 11.4 Å². The van der Waals surface area contributed by atoms with Gasteiger partial charge in [0.2, 0.25) is 0 Å². The van der Waals surface area contributed by atoms with Gasteiger partial charge in [0.05, 0.1) is 13.1 Å². The van der Waals surface area contributed by atoms with Crippen molar-refractivity contribution in [2.45, 2.75) is 20.0 Å². The Hall–Kier alpha value is -1.34. The van der Waals surface area contributed by atoms with Gasteiger partial charge in [0.25, 0.3) is 0 Å². The fraction of sp³-hybridized carbons (Fsp3) is 0.643. The number of carbonyl (C=O) groups is 1. The molecule has 0 unspecified atom stereocenters. The van der Waals surface area contributed by atoms with Crippen LogP contribution in [0.25, 0.3) is 0 Å². The largest absolute Gasteiger partial charge is 0.401 e. The first-order valence-corrected chi connectivity index (χ1v) is 6.95. The summed E-state index contributed by atoms with van der Waals surface area (Å²) in [5, 5.41) is 0. The van der Waals surface area contributed by atoms with Crippen LogP contribution < -0.4 is 0 Å². The van der Waals surface area contributed by atoms with E-state index in [1.165, 1.54) is 4.90 Å². The molecule has 1 saturated heterocycles. The van der Waals surface area contributed by atoms with Crippen molar-refractivity contribution in [3.63, 3.8) is 0 Å². The van der Waals surface area contributed by atoms with E-state index in [9.17, 15) is 18.0 Å². The van der Waals surface area contributed by atoms with Crippen molar-refractivity contribution in [1.29, 1.82) is 0 Å². The molecule has 1 aliphatic heterocycles. The monoisotopic (exact) mass is 303 g/mol. The molecule has 0 aliphatic carbocycles. The van der Waals surface area contributed by atoms with E-state index in [1.54, 1.807) is 0 Å². The molecule has 1 aliphatic rings. The fourth-order valence-corrected chi connectivity index (χ4v) is 2.66. The summed E-state index contributed by atoms with van der Waals surface area (Å²) in [6, 6.07) is 1.82. The summed E-state index contributed by atoms with van der Waals surface area (Å²) in [7, 11) is 0. The van der Waals surface area contributed by atoms with Crippen molar-refractivity contribution >= 4 is 5.78 Å². The Morgan fingerprint density at radius 2 is 1.76 bits per heavy atom. The molecule has 0 aromatic carbocycles. The third kappa shape index (κ3) is 4.57. The number of aromatic amines is 1. The quantitative estimate of drug-likeness (QED) is 0.865. The van der Waals surface area contributed by atoms with Crippen LogP contribution in [0.3, 0.4) is 0 Å². The minimum Gasteiger partial charge on any atom is -0.362 e. The van der Waals surface area contributed by atoms with Crippen molar-refractivity contribution in [3.05, 3.63) is 23.0 Å². The molecule has 0 bridgehead atoms. The number of aromatic nitrogens is 1. The minimum absolute atomic E-state index is 0.0149. The lowest BCUT2D eigenvalue weighted by Gasteiger charge is -2.34. The molecule has 118 valence electrons. The van der Waals surface area contributed by atoms with Gasteiger partial charge in [0.15, 0.2) is 5.78 Å². The molecule has 0 spiro atoms. The standard InChI is InChI=1S/C14H20F3N3O/c1-10-7-12(11(2)18-10)13(21)8-19-3-5-20(6-4-19)9-14(15,16)17/h7,18H,3-6,8-9H2,1-2H3. The Bertz CT molecular complexity index is 502. The van der Waals surface area contributed by atoms with Crippen LogP contribution >= 0.6 is 0 Å². The van der Waals surface area contributed by atoms with E-state index in [-0.39, 0.29) is 12.3 Å². The predicted molar refractivity (Wildman–Crippen MR) is 73.5 cm³/mol. The lowest BCUT2D eigenvalue weighted by molar-refractivity contribution is -0.149. The minimum atomic E-state index is -4.16. The summed E-state index contributed by atoms with van der Waals surface area (Å²) in [5.74, 6) is 0.0149. The molecular formula is C14H20F3N3O. The molecule has 0 saturated carbocycles. The highest BCUT2D eigenvalue weighted by Gasteiger charge is 2.32. The number of nitrogens with one attached hydrogen (secondary N) is 1. The first-order valence-electron chi connectivity index (χ1n) is 6.95. The smallest absolute Gasteiger partial charge is 0.362 e. The van der Waals surface area contributed by atoms with E-state index in [2.05, 4.69) is 4.98 Å². The number of hydrogen-bond donors (Lipinski definition) is 1. The molecule has 21 heavy (non-hydrogen) atoms. The maximum Gasteiger partial charge on any atom is 0.401 e. The van der Waals surface area contributed by atoms with Crippen molar-refractivity contribution in [2.24, 2.45) is 0 Å². The van der Waals surface area contributed by atoms with Crippen LogP contribution in [0.15, 0.2) is 6.07 Å². The number of ketones is 1. The van der Waals surface area contributed by atoms with Crippen LogP contribution in [-0.4, -0.2) is 66.0 Å². The van der Waals surface area contributed by atoms with Crippen LogP contribution in [0.5, 0.6) is 0 Å². The average molecular weight is 303 g/mol. The summed E-state index contributed by atoms with van der Waals surface area (Å²) in [6.07, 6.45) is -4.16. The van der Waals surface area contributed by atoms with Gasteiger partial charge in [0.1, 0.15) is 0 Å². The van der Waals surface area contributed by atoms with Crippen LogP contribution in [0.1, 0.15) is 21.7 Å². The number of halogens is 3. The summed E-state index contributed by atoms with van der Waals surface area (Å²) in [6.45, 7) is 4.80. The van der Waals surface area contributed by atoms with Gasteiger partial charge >= 0.3 is 6.18 Å². The zero-order valence-corrected chi connectivity index (χ0v) is 12.3. The van der Waals surface area contributed by atoms with Crippen LogP contribution in [-0.2, 0) is 0 Å². The Balaban J connectivity index is 1.83. The van der Waals surface area contributed by atoms with Gasteiger partial charge in [-0.05, 0) is 19.9 Å². The number of nitrogens with zero attached hydrogens (tertiary/aromatic N) is 2. The lowest BCUT2D eigenvalue weighted by atomic mass is 10.1. The third-order valence-corrected chi connectivity index (χ3v) is 3.68. The molecule has 4 nitrogen and oxygen atoms in total. The molecule has 7 heteroatoms. The zero-order chi connectivity index (χ0) is 15.6. The Morgan fingerprint density at radius 1 is 1.19 bits per heavy atom. The highest BCUT2D eigenvalue weighted by molar-refractivity contribution is 5.98. The number of rotatable bonds is 4. The van der Waals surface area contributed by atoms with Crippen molar-refractivity contribution in [2.75, 3.05) is 39.3 Å². The van der Waals surface area contributed by atoms with Gasteiger partial charge in [-0.3, -0.25) is 14.6 Å². The maximum absolute atomic E-state index is 12.3. The summed E-state index contributed by atoms with van der Waals surface area (Å²) in [4.78, 5) is 18.6. The number of H-pyrrole nitrogens is 1. The Kier molecular flexibility index (Phi) is 4.73. The Morgan fingerprint density at radius 3 is 2.24 bits per heavy atom. The number of piperazine rings is 1. The van der Waals surface area contributed by atoms with Crippen molar-refractivity contribution in [1.82, 2.24) is 14.8 Å². The molecule has 0 amide bonds. The zero-order valence-electron chi connectivity index (χ0n) is 12.3. The summed E-state index contributed by atoms with van der Waals surface area (Å²) in [5.41, 5.74) is 2.45. The molecule has 1 fully saturated rings. The molecule has 0 atom stereocenters. The van der Waals surface area contributed by atoms with Gasteiger partial charge < -0.3 is 4.98 Å². The number of alkyl halides is 3. The number of Topliss-reactive ketones (excluding diaryl/α,β-unsaturated/α-hetero) is 1. The second-order valence-corrected chi connectivity index (χ2v) is 5.58. The average Bonchev–Trinajstić information content (AvgIpc) is 2.69. The summed E-state index contributed by atoms with van der Waals surface area (Å²) >= 11 is 0. The molecule has 1 aromatic rings. The maximum atomic E-state index is 12.3. The van der Waals surface area contributed by atoms with Crippen molar-refractivity contribution in [3.8, 4) is 0 Å². The number of carbonyl (C=O) groups excluding carboxylic acids is 1. The van der Waals surface area contributed by atoms with Crippen LogP contribution in [0.2, 0.25) is 0 Å². The van der Waals surface area contributed by atoms with E-state index in [0.29, 0.717) is 31.7 Å². The number of hydrogen-bond acceptors (Lipinski definition) is 3. The van der Waals surface area contributed by atoms with E-state index in [1.807, 2.05) is 24.8 Å². The fourth-order valence-electron chi connectivity index (χ4n) is 2.66. The van der Waals surface area contributed by atoms with Crippen LogP contribution in [0.4, 0.5) is 13.2 Å². The van der Waals surface area contributed by atoms with E-state index < -0.39 is 12.7 Å². The second-order valence-electron chi connectivity index (χ2n) is 5.58. The second kappa shape index (κ2) is 6.19. The predicted octanol–water partition coefficient (Wildman–Crippen LogP) is 1.99. The molecule has 2 heterocycles. The SMILES string of the molecule is Cc1cc(C(=O)CN2CCN(CC(F)(F)F)CC2)c(C)[nH]1. The van der Waals surface area contributed by atoms with Gasteiger partial charge in [-0.15, -0.1) is 0 Å². The molecule has 0 radical (unpaired) electrons. The van der Waals surface area contributed by atoms with Gasteiger partial charge in [0, 0.05) is 43.1 Å². The Labute approximate surface area is 121 Å². The van der Waals surface area contributed by atoms with Gasteiger partial charge in [-0.25, -0.2) is 0 Å². The number of aryl methyl sites for hydroxylation is 2. The summed E-state index contributed by atoms with van der Waals surface area (Å²) < 4.78 is 36.9. The van der Waals surface area contributed by atoms with Gasteiger partial charge in [-0.1, -0.05) is 0 Å². The lowest BCUT2D eigenvalue weighted by Crippen LogP contribution is -2.50. The van der Waals surface area contributed by atoms with Gasteiger partial charge in [-0.2, -0.15) is 13.2 Å². The third-order valence-electron chi connectivity index (χ3n) is 3.68. The molecule has 2 rings (SSSR count). The first kappa shape index (κ1) is 16.0. The van der Waals surface area contributed by atoms with E-state index in [4.69, 9.17) is 0 Å². The van der Waals surface area contributed by atoms with Crippen molar-refractivity contribution < 1.29 is 18.0 Å². The highest BCUT2D eigenvalue weighted by Crippen LogP contribution is 2.18. The molecule has 1 N–H and O–H groups in total. The molecule has 1 aromatic heterocycles. The first-order chi connectivity index (χ1) is 9.74. The normalized spacial score (nSPS) is 18.1.